The number of carbonyl (C=O) groups is 1. The van der Waals surface area contributed by atoms with Gasteiger partial charge in [-0.1, -0.05) is 6.42 Å². The fourth-order valence-electron chi connectivity index (χ4n) is 2.61. The predicted octanol–water partition coefficient (Wildman–Crippen LogP) is 2.59. The molecule has 19 heavy (non-hydrogen) atoms. The van der Waals surface area contributed by atoms with E-state index in [2.05, 4.69) is 12.2 Å². The third-order valence-corrected chi connectivity index (χ3v) is 4.72. The summed E-state index contributed by atoms with van der Waals surface area (Å²) < 4.78 is 0. The minimum absolute atomic E-state index is 0.0466. The van der Waals surface area contributed by atoms with Crippen molar-refractivity contribution in [1.29, 1.82) is 0 Å². The molecule has 1 aromatic rings. The van der Waals surface area contributed by atoms with Gasteiger partial charge >= 0.3 is 0 Å². The summed E-state index contributed by atoms with van der Waals surface area (Å²) in [6, 6.07) is 4.06. The van der Waals surface area contributed by atoms with Crippen molar-refractivity contribution in [3.63, 3.8) is 0 Å². The van der Waals surface area contributed by atoms with E-state index in [0.29, 0.717) is 18.4 Å². The van der Waals surface area contributed by atoms with Crippen molar-refractivity contribution < 1.29 is 9.90 Å². The number of carbonyl (C=O) groups excluding carboxylic acids is 1. The minimum atomic E-state index is -0.0466. The van der Waals surface area contributed by atoms with E-state index in [0.717, 1.165) is 24.1 Å². The van der Waals surface area contributed by atoms with Crippen molar-refractivity contribution in [1.82, 2.24) is 5.32 Å². The monoisotopic (exact) mass is 279 g/mol. The predicted molar refractivity (Wildman–Crippen MR) is 79.0 cm³/mol. The third kappa shape index (κ3) is 4.18. The van der Waals surface area contributed by atoms with Crippen LogP contribution in [-0.4, -0.2) is 24.2 Å². The van der Waals surface area contributed by atoms with Crippen LogP contribution in [0.4, 0.5) is 0 Å². The van der Waals surface area contributed by atoms with Crippen LogP contribution < -0.4 is 5.32 Å². The number of aliphatic hydroxyl groups excluding tert-OH is 1. The molecule has 1 aliphatic carbocycles. The highest BCUT2D eigenvalue weighted by atomic mass is 32.1. The van der Waals surface area contributed by atoms with Crippen LogP contribution in [0.25, 0.3) is 6.08 Å². The summed E-state index contributed by atoms with van der Waals surface area (Å²) in [5, 5.41) is 12.2. The fraction of sp³-hybridized carbons (Fsp3) is 0.533. The van der Waals surface area contributed by atoms with Crippen LogP contribution in [0.2, 0.25) is 0 Å². The highest BCUT2D eigenvalue weighted by Crippen LogP contribution is 2.30. The van der Waals surface area contributed by atoms with Crippen LogP contribution in [0.15, 0.2) is 18.2 Å². The molecule has 104 valence electrons. The van der Waals surface area contributed by atoms with Crippen LogP contribution in [0.5, 0.6) is 0 Å². The largest absolute Gasteiger partial charge is 0.396 e. The summed E-state index contributed by atoms with van der Waals surface area (Å²) in [5.41, 5.74) is 0. The average molecular weight is 279 g/mol. The van der Waals surface area contributed by atoms with E-state index in [-0.39, 0.29) is 12.5 Å². The number of aliphatic hydroxyl groups is 1. The van der Waals surface area contributed by atoms with E-state index in [1.807, 2.05) is 18.2 Å². The highest BCUT2D eigenvalue weighted by Gasteiger charge is 2.26. The molecule has 1 saturated carbocycles. The molecule has 2 atom stereocenters. The summed E-state index contributed by atoms with van der Waals surface area (Å²) in [7, 11) is 0. The molecular weight excluding hydrogens is 258 g/mol. The first-order valence-corrected chi connectivity index (χ1v) is 7.64. The van der Waals surface area contributed by atoms with E-state index < -0.39 is 0 Å². The number of hydrogen-bond donors (Lipinski definition) is 2. The van der Waals surface area contributed by atoms with Crippen molar-refractivity contribution >= 4 is 23.3 Å². The first kappa shape index (κ1) is 14.3. The lowest BCUT2D eigenvalue weighted by molar-refractivity contribution is -0.116. The summed E-state index contributed by atoms with van der Waals surface area (Å²) in [5.74, 6) is 0.755. The molecule has 2 N–H and O–H groups in total. The fourth-order valence-corrected chi connectivity index (χ4v) is 3.39. The number of aryl methyl sites for hydroxylation is 1. The van der Waals surface area contributed by atoms with Gasteiger partial charge in [0.05, 0.1) is 0 Å². The Morgan fingerprint density at radius 1 is 1.47 bits per heavy atom. The molecule has 0 saturated heterocycles. The lowest BCUT2D eigenvalue weighted by Gasteiger charge is -2.17. The molecule has 0 aliphatic heterocycles. The van der Waals surface area contributed by atoms with Gasteiger partial charge in [0.2, 0.25) is 5.91 Å². The number of hydrogen-bond acceptors (Lipinski definition) is 3. The standard InChI is InChI=1S/C15H21NO2S/c1-11-5-6-14(19-11)7-8-15(18)16-9-12-3-2-4-13(12)10-17/h5-8,12-13,17H,2-4,9-10H2,1H3,(H,16,18). The molecule has 0 aromatic carbocycles. The zero-order valence-electron chi connectivity index (χ0n) is 11.3. The van der Waals surface area contributed by atoms with Crippen molar-refractivity contribution in [3.05, 3.63) is 28.0 Å². The summed E-state index contributed by atoms with van der Waals surface area (Å²) >= 11 is 1.68. The van der Waals surface area contributed by atoms with E-state index in [1.54, 1.807) is 17.4 Å². The highest BCUT2D eigenvalue weighted by molar-refractivity contribution is 7.12. The Kier molecular flexibility index (Phi) is 5.16. The Hall–Kier alpha value is -1.13. The van der Waals surface area contributed by atoms with Crippen LogP contribution in [-0.2, 0) is 4.79 Å². The minimum Gasteiger partial charge on any atom is -0.396 e. The molecule has 2 rings (SSSR count). The van der Waals surface area contributed by atoms with Gasteiger partial charge in [0, 0.05) is 29.0 Å². The van der Waals surface area contributed by atoms with Crippen LogP contribution in [0.1, 0.15) is 29.0 Å². The second-order valence-corrected chi connectivity index (χ2v) is 6.48. The lowest BCUT2D eigenvalue weighted by Crippen LogP contribution is -2.30. The van der Waals surface area contributed by atoms with Gasteiger partial charge in [-0.3, -0.25) is 4.79 Å². The van der Waals surface area contributed by atoms with Gasteiger partial charge in [0.1, 0.15) is 0 Å². The van der Waals surface area contributed by atoms with Crippen LogP contribution in [0, 0.1) is 18.8 Å². The van der Waals surface area contributed by atoms with Gasteiger partial charge in [0.25, 0.3) is 0 Å². The Morgan fingerprint density at radius 3 is 2.95 bits per heavy atom. The molecule has 2 unspecified atom stereocenters. The molecule has 1 fully saturated rings. The summed E-state index contributed by atoms with van der Waals surface area (Å²) in [4.78, 5) is 14.1. The normalized spacial score (nSPS) is 23.1. The third-order valence-electron chi connectivity index (χ3n) is 3.75. The van der Waals surface area contributed by atoms with E-state index in [1.165, 1.54) is 4.88 Å². The second kappa shape index (κ2) is 6.87. The zero-order chi connectivity index (χ0) is 13.7. The summed E-state index contributed by atoms with van der Waals surface area (Å²) in [6.45, 7) is 2.97. The number of nitrogens with one attached hydrogen (secondary N) is 1. The van der Waals surface area contributed by atoms with Crippen molar-refractivity contribution in [2.45, 2.75) is 26.2 Å². The van der Waals surface area contributed by atoms with Crippen molar-refractivity contribution in [3.8, 4) is 0 Å². The number of thiophene rings is 1. The first-order valence-electron chi connectivity index (χ1n) is 6.82. The smallest absolute Gasteiger partial charge is 0.244 e. The molecule has 3 nitrogen and oxygen atoms in total. The first-order chi connectivity index (χ1) is 9.19. The van der Waals surface area contributed by atoms with E-state index in [4.69, 9.17) is 0 Å². The molecule has 1 aliphatic rings. The van der Waals surface area contributed by atoms with Gasteiger partial charge in [-0.05, 0) is 49.8 Å². The zero-order valence-corrected chi connectivity index (χ0v) is 12.1. The van der Waals surface area contributed by atoms with Crippen LogP contribution in [0.3, 0.4) is 0 Å². The molecule has 4 heteroatoms. The lowest BCUT2D eigenvalue weighted by atomic mass is 9.97. The van der Waals surface area contributed by atoms with Gasteiger partial charge in [-0.2, -0.15) is 0 Å². The SMILES string of the molecule is Cc1ccc(C=CC(=O)NCC2CCCC2CO)s1. The van der Waals surface area contributed by atoms with E-state index in [9.17, 15) is 9.90 Å². The second-order valence-electron chi connectivity index (χ2n) is 5.16. The van der Waals surface area contributed by atoms with Gasteiger partial charge in [-0.25, -0.2) is 0 Å². The molecule has 1 aromatic heterocycles. The number of amides is 1. The molecule has 0 bridgehead atoms. The maximum absolute atomic E-state index is 11.7. The Balaban J connectivity index is 1.77. The van der Waals surface area contributed by atoms with Crippen LogP contribution >= 0.6 is 11.3 Å². The van der Waals surface area contributed by atoms with E-state index >= 15 is 0 Å². The molecule has 1 heterocycles. The maximum Gasteiger partial charge on any atom is 0.244 e. The van der Waals surface area contributed by atoms with Crippen molar-refractivity contribution in [2.75, 3.05) is 13.2 Å². The average Bonchev–Trinajstić information content (AvgIpc) is 3.02. The Labute approximate surface area is 118 Å². The Morgan fingerprint density at radius 2 is 2.26 bits per heavy atom. The quantitative estimate of drug-likeness (QED) is 0.814. The van der Waals surface area contributed by atoms with Gasteiger partial charge in [0.15, 0.2) is 0 Å². The molecular formula is C15H21NO2S. The van der Waals surface area contributed by atoms with Gasteiger partial charge < -0.3 is 10.4 Å². The maximum atomic E-state index is 11.7. The number of rotatable bonds is 5. The topological polar surface area (TPSA) is 49.3 Å². The summed E-state index contributed by atoms with van der Waals surface area (Å²) in [6.07, 6.45) is 6.80. The molecule has 1 amide bonds. The molecule has 0 spiro atoms. The van der Waals surface area contributed by atoms with Gasteiger partial charge in [-0.15, -0.1) is 11.3 Å². The Bertz CT molecular complexity index is 453. The molecule has 0 radical (unpaired) electrons. The van der Waals surface area contributed by atoms with Crippen molar-refractivity contribution in [2.24, 2.45) is 11.8 Å².